The lowest BCUT2D eigenvalue weighted by Gasteiger charge is -2.26. The average Bonchev–Trinajstić information content (AvgIpc) is 2.48. The molecule has 0 fully saturated rings. The number of ether oxygens (including phenoxy) is 1. The van der Waals surface area contributed by atoms with Crippen molar-refractivity contribution in [1.29, 1.82) is 0 Å². The highest BCUT2D eigenvalue weighted by atomic mass is 16.5. The van der Waals surface area contributed by atoms with E-state index < -0.39 is 5.92 Å². The molecule has 2 aromatic carbocycles. The summed E-state index contributed by atoms with van der Waals surface area (Å²) in [4.78, 5) is 25.5. The molecule has 0 spiro atoms. The van der Waals surface area contributed by atoms with Gasteiger partial charge in [-0.3, -0.25) is 9.59 Å². The van der Waals surface area contributed by atoms with Gasteiger partial charge in [-0.25, -0.2) is 0 Å². The summed E-state index contributed by atoms with van der Waals surface area (Å²) in [5.41, 5.74) is 4.89. The number of ketones is 1. The third kappa shape index (κ3) is 2.50. The maximum Gasteiger partial charge on any atom is 0.239 e. The number of nitrogens with one attached hydrogen (secondary N) is 1. The number of methoxy groups -OCH3 is 1. The minimum atomic E-state index is -0.795. The average molecular weight is 309 g/mol. The van der Waals surface area contributed by atoms with E-state index in [1.54, 1.807) is 25.3 Å². The van der Waals surface area contributed by atoms with Gasteiger partial charge in [0.25, 0.3) is 0 Å². The van der Waals surface area contributed by atoms with Crippen molar-refractivity contribution in [2.24, 2.45) is 0 Å². The largest absolute Gasteiger partial charge is 0.497 e. The van der Waals surface area contributed by atoms with Crippen LogP contribution in [-0.2, 0) is 4.79 Å². The van der Waals surface area contributed by atoms with Gasteiger partial charge in [-0.05, 0) is 49.6 Å². The lowest BCUT2D eigenvalue weighted by molar-refractivity contribution is -0.116. The summed E-state index contributed by atoms with van der Waals surface area (Å²) >= 11 is 0. The van der Waals surface area contributed by atoms with Crippen molar-refractivity contribution in [1.82, 2.24) is 0 Å². The summed E-state index contributed by atoms with van der Waals surface area (Å²) in [5.74, 6) is -0.637. The first-order valence-corrected chi connectivity index (χ1v) is 7.53. The molecule has 0 radical (unpaired) electrons. The molecule has 118 valence electrons. The number of Topliss-reactive ketones (excluding diaryl/α,β-unsaturated/α-hetero) is 1. The number of aryl methyl sites for hydroxylation is 3. The third-order valence-corrected chi connectivity index (χ3v) is 4.30. The summed E-state index contributed by atoms with van der Waals surface area (Å²) in [5, 5.41) is 2.84. The maximum atomic E-state index is 12.9. The first-order chi connectivity index (χ1) is 10.9. The van der Waals surface area contributed by atoms with Gasteiger partial charge in [0.15, 0.2) is 5.78 Å². The van der Waals surface area contributed by atoms with Gasteiger partial charge in [0.2, 0.25) is 5.91 Å². The van der Waals surface area contributed by atoms with Crippen molar-refractivity contribution in [2.75, 3.05) is 12.4 Å². The fourth-order valence-electron chi connectivity index (χ4n) is 3.36. The molecule has 1 aliphatic rings. The van der Waals surface area contributed by atoms with Crippen LogP contribution in [0.1, 0.15) is 38.5 Å². The number of benzene rings is 2. The van der Waals surface area contributed by atoms with Crippen LogP contribution in [0.15, 0.2) is 30.3 Å². The van der Waals surface area contributed by atoms with E-state index in [9.17, 15) is 9.59 Å². The van der Waals surface area contributed by atoms with E-state index in [0.717, 1.165) is 22.3 Å². The van der Waals surface area contributed by atoms with E-state index in [0.29, 0.717) is 17.0 Å². The monoisotopic (exact) mass is 309 g/mol. The number of hydrogen-bond donors (Lipinski definition) is 1. The number of carbonyl (C=O) groups excluding carboxylic acids is 2. The fraction of sp³-hybridized carbons (Fsp3) is 0.263. The van der Waals surface area contributed by atoms with Crippen LogP contribution < -0.4 is 10.1 Å². The highest BCUT2D eigenvalue weighted by Gasteiger charge is 2.37. The lowest BCUT2D eigenvalue weighted by Crippen LogP contribution is -2.34. The number of fused-ring (bicyclic) bond motifs is 1. The minimum absolute atomic E-state index is 0.165. The Kier molecular flexibility index (Phi) is 3.68. The van der Waals surface area contributed by atoms with E-state index in [2.05, 4.69) is 5.32 Å². The van der Waals surface area contributed by atoms with Crippen molar-refractivity contribution in [3.05, 3.63) is 58.1 Å². The van der Waals surface area contributed by atoms with Crippen LogP contribution in [-0.4, -0.2) is 18.8 Å². The molecule has 1 unspecified atom stereocenters. The number of anilines is 1. The van der Waals surface area contributed by atoms with E-state index in [1.807, 2.05) is 32.9 Å². The molecule has 2 aromatic rings. The van der Waals surface area contributed by atoms with E-state index in [-0.39, 0.29) is 11.7 Å². The summed E-state index contributed by atoms with van der Waals surface area (Å²) < 4.78 is 5.15. The first-order valence-electron chi connectivity index (χ1n) is 7.53. The smallest absolute Gasteiger partial charge is 0.239 e. The van der Waals surface area contributed by atoms with Gasteiger partial charge in [-0.15, -0.1) is 0 Å². The summed E-state index contributed by atoms with van der Waals surface area (Å²) in [6.07, 6.45) is 0. The van der Waals surface area contributed by atoms with Gasteiger partial charge in [-0.1, -0.05) is 17.7 Å². The van der Waals surface area contributed by atoms with Crippen molar-refractivity contribution >= 4 is 17.4 Å². The second kappa shape index (κ2) is 5.54. The molecule has 4 heteroatoms. The zero-order valence-corrected chi connectivity index (χ0v) is 13.7. The topological polar surface area (TPSA) is 55.4 Å². The Labute approximate surface area is 135 Å². The number of rotatable bonds is 2. The molecule has 0 aliphatic carbocycles. The first kappa shape index (κ1) is 15.3. The standard InChI is InChI=1S/C19H19NO3/c1-10-7-11(2)16(12(3)8-10)17-18(21)14-6-5-13(23-4)9-15(14)20-19(17)22/h5-9,17H,1-4H3,(H,20,22). The second-order valence-corrected chi connectivity index (χ2v) is 6.01. The Balaban J connectivity index is 2.12. The summed E-state index contributed by atoms with van der Waals surface area (Å²) in [6, 6.07) is 9.14. The molecule has 1 N–H and O–H groups in total. The summed E-state index contributed by atoms with van der Waals surface area (Å²) in [6.45, 7) is 5.90. The molecule has 23 heavy (non-hydrogen) atoms. The van der Waals surface area contributed by atoms with Crippen LogP contribution in [0.5, 0.6) is 5.75 Å². The Hall–Kier alpha value is -2.62. The van der Waals surface area contributed by atoms with Crippen LogP contribution in [0.2, 0.25) is 0 Å². The van der Waals surface area contributed by atoms with E-state index >= 15 is 0 Å². The Morgan fingerprint density at radius 1 is 1.00 bits per heavy atom. The highest BCUT2D eigenvalue weighted by Crippen LogP contribution is 2.36. The van der Waals surface area contributed by atoms with Gasteiger partial charge in [0.05, 0.1) is 12.8 Å². The van der Waals surface area contributed by atoms with Crippen molar-refractivity contribution in [3.63, 3.8) is 0 Å². The van der Waals surface area contributed by atoms with Crippen LogP contribution in [0, 0.1) is 20.8 Å². The van der Waals surface area contributed by atoms with Crippen molar-refractivity contribution in [3.8, 4) is 5.75 Å². The summed E-state index contributed by atoms with van der Waals surface area (Å²) in [7, 11) is 1.55. The normalized spacial score (nSPS) is 16.8. The minimum Gasteiger partial charge on any atom is -0.497 e. The van der Waals surface area contributed by atoms with E-state index in [4.69, 9.17) is 4.74 Å². The van der Waals surface area contributed by atoms with Crippen LogP contribution in [0.3, 0.4) is 0 Å². The fourth-order valence-corrected chi connectivity index (χ4v) is 3.36. The van der Waals surface area contributed by atoms with Crippen LogP contribution in [0.4, 0.5) is 5.69 Å². The van der Waals surface area contributed by atoms with Gasteiger partial charge in [0.1, 0.15) is 11.7 Å². The molecule has 4 nitrogen and oxygen atoms in total. The Morgan fingerprint density at radius 2 is 1.65 bits per heavy atom. The molecule has 0 aromatic heterocycles. The van der Waals surface area contributed by atoms with E-state index in [1.165, 1.54) is 0 Å². The Morgan fingerprint density at radius 3 is 2.26 bits per heavy atom. The second-order valence-electron chi connectivity index (χ2n) is 6.01. The quantitative estimate of drug-likeness (QED) is 0.863. The molecule has 3 rings (SSSR count). The predicted molar refractivity (Wildman–Crippen MR) is 89.3 cm³/mol. The predicted octanol–water partition coefficient (Wildman–Crippen LogP) is 3.54. The lowest BCUT2D eigenvalue weighted by atomic mass is 9.81. The SMILES string of the molecule is COc1ccc2c(c1)NC(=O)C(c1c(C)cc(C)cc1C)C2=O. The highest BCUT2D eigenvalue weighted by molar-refractivity contribution is 6.24. The Bertz CT molecular complexity index is 800. The van der Waals surface area contributed by atoms with Crippen LogP contribution in [0.25, 0.3) is 0 Å². The molecule has 0 saturated carbocycles. The number of carbonyl (C=O) groups is 2. The zero-order valence-electron chi connectivity index (χ0n) is 13.7. The zero-order chi connectivity index (χ0) is 16.7. The molecule has 0 saturated heterocycles. The molecule has 1 atom stereocenters. The van der Waals surface area contributed by atoms with Crippen molar-refractivity contribution < 1.29 is 14.3 Å². The molecule has 1 amide bonds. The molecule has 0 bridgehead atoms. The maximum absolute atomic E-state index is 12.9. The van der Waals surface area contributed by atoms with Gasteiger partial charge in [-0.2, -0.15) is 0 Å². The van der Waals surface area contributed by atoms with Crippen LogP contribution >= 0.6 is 0 Å². The van der Waals surface area contributed by atoms with Gasteiger partial charge < -0.3 is 10.1 Å². The molecule has 1 heterocycles. The van der Waals surface area contributed by atoms with Gasteiger partial charge in [0, 0.05) is 11.6 Å². The van der Waals surface area contributed by atoms with Gasteiger partial charge >= 0.3 is 0 Å². The number of hydrogen-bond acceptors (Lipinski definition) is 3. The third-order valence-electron chi connectivity index (χ3n) is 4.30. The molecular weight excluding hydrogens is 290 g/mol. The van der Waals surface area contributed by atoms with Crippen molar-refractivity contribution in [2.45, 2.75) is 26.7 Å². The molecular formula is C19H19NO3. The molecule has 1 aliphatic heterocycles. The number of amides is 1.